The summed E-state index contributed by atoms with van der Waals surface area (Å²) in [6.45, 7) is 0.353. The summed E-state index contributed by atoms with van der Waals surface area (Å²) in [5, 5.41) is 17.2. The molecule has 0 atom stereocenters. The Labute approximate surface area is 155 Å². The highest BCUT2D eigenvalue weighted by atomic mass is 16.4. The first-order valence-corrected chi connectivity index (χ1v) is 10.7. The van der Waals surface area contributed by atoms with E-state index in [-0.39, 0.29) is 6.42 Å². The molecule has 0 rings (SSSR count). The van der Waals surface area contributed by atoms with Gasteiger partial charge in [-0.05, 0) is 25.7 Å². The van der Waals surface area contributed by atoms with Crippen LogP contribution >= 0.6 is 0 Å². The quantitative estimate of drug-likeness (QED) is 0.190. The van der Waals surface area contributed by atoms with Crippen LogP contribution in [0.25, 0.3) is 0 Å². The van der Waals surface area contributed by atoms with Gasteiger partial charge in [0.05, 0.1) is 0 Å². The molecule has 0 aliphatic carbocycles. The van der Waals surface area contributed by atoms with Crippen molar-refractivity contribution < 1.29 is 15.0 Å². The Morgan fingerprint density at radius 3 is 1.32 bits per heavy atom. The number of aliphatic carboxylic acids is 1. The number of rotatable bonds is 20. The van der Waals surface area contributed by atoms with Crippen LogP contribution in [0.1, 0.15) is 116 Å². The van der Waals surface area contributed by atoms with Crippen LogP contribution in [0.5, 0.6) is 0 Å². The number of carbonyl (C=O) groups is 1. The normalized spacial score (nSPS) is 11.4. The molecule has 0 aromatic carbocycles. The van der Waals surface area contributed by atoms with Gasteiger partial charge in [0.25, 0.3) is 0 Å². The van der Waals surface area contributed by atoms with Gasteiger partial charge < -0.3 is 10.2 Å². The van der Waals surface area contributed by atoms with Gasteiger partial charge in [-0.25, -0.2) is 0 Å². The highest BCUT2D eigenvalue weighted by molar-refractivity contribution is 5.66. The molecular formula is C22H42O3. The summed E-state index contributed by atoms with van der Waals surface area (Å²) in [6.07, 6.45) is 25.9. The number of allylic oxidation sites excluding steroid dienone is 2. The number of carboxylic acids is 1. The van der Waals surface area contributed by atoms with Crippen LogP contribution in [0.15, 0.2) is 12.2 Å². The van der Waals surface area contributed by atoms with E-state index >= 15 is 0 Å². The van der Waals surface area contributed by atoms with Crippen LogP contribution < -0.4 is 0 Å². The molecule has 3 nitrogen and oxygen atoms in total. The first-order chi connectivity index (χ1) is 12.3. The van der Waals surface area contributed by atoms with Gasteiger partial charge in [-0.1, -0.05) is 95.6 Å². The summed E-state index contributed by atoms with van der Waals surface area (Å²) in [6, 6.07) is 0. The minimum absolute atomic E-state index is 0.251. The van der Waals surface area contributed by atoms with Gasteiger partial charge in [0.15, 0.2) is 0 Å². The molecule has 0 unspecified atom stereocenters. The largest absolute Gasteiger partial charge is 0.481 e. The van der Waals surface area contributed by atoms with E-state index in [0.29, 0.717) is 13.0 Å². The Hall–Kier alpha value is -0.830. The lowest BCUT2D eigenvalue weighted by Crippen LogP contribution is -1.91. The van der Waals surface area contributed by atoms with Crippen molar-refractivity contribution in [1.82, 2.24) is 0 Å². The van der Waals surface area contributed by atoms with Gasteiger partial charge >= 0.3 is 5.97 Å². The van der Waals surface area contributed by atoms with Crippen LogP contribution in [-0.2, 0) is 4.79 Å². The maximum Gasteiger partial charge on any atom is 0.303 e. The molecule has 0 aliphatic heterocycles. The smallest absolute Gasteiger partial charge is 0.303 e. The lowest BCUT2D eigenvalue weighted by atomic mass is 10.0. The van der Waals surface area contributed by atoms with Crippen molar-refractivity contribution in [2.24, 2.45) is 0 Å². The van der Waals surface area contributed by atoms with Gasteiger partial charge in [0.1, 0.15) is 0 Å². The third-order valence-electron chi connectivity index (χ3n) is 4.72. The molecule has 0 aromatic heterocycles. The van der Waals surface area contributed by atoms with Crippen molar-refractivity contribution in [3.05, 3.63) is 12.2 Å². The van der Waals surface area contributed by atoms with Crippen LogP contribution in [0.3, 0.4) is 0 Å². The lowest BCUT2D eigenvalue weighted by Gasteiger charge is -2.03. The predicted molar refractivity (Wildman–Crippen MR) is 107 cm³/mol. The fourth-order valence-corrected chi connectivity index (χ4v) is 3.11. The van der Waals surface area contributed by atoms with Crippen molar-refractivity contribution in [1.29, 1.82) is 0 Å². The third-order valence-corrected chi connectivity index (χ3v) is 4.72. The van der Waals surface area contributed by atoms with Crippen molar-refractivity contribution in [3.8, 4) is 0 Å². The van der Waals surface area contributed by atoms with Crippen LogP contribution in [0.2, 0.25) is 0 Å². The average molecular weight is 355 g/mol. The van der Waals surface area contributed by atoms with E-state index in [1.54, 1.807) is 0 Å². The van der Waals surface area contributed by atoms with Gasteiger partial charge in [-0.15, -0.1) is 0 Å². The summed E-state index contributed by atoms with van der Waals surface area (Å²) in [4.78, 5) is 10.4. The summed E-state index contributed by atoms with van der Waals surface area (Å²) in [7, 11) is 0. The number of aliphatic hydroxyl groups is 1. The van der Waals surface area contributed by atoms with E-state index in [2.05, 4.69) is 6.08 Å². The van der Waals surface area contributed by atoms with Gasteiger partial charge in [0.2, 0.25) is 0 Å². The molecule has 0 aliphatic rings. The molecular weight excluding hydrogens is 312 g/mol. The summed E-state index contributed by atoms with van der Waals surface area (Å²) < 4.78 is 0. The maximum atomic E-state index is 10.4. The minimum Gasteiger partial charge on any atom is -0.481 e. The summed E-state index contributed by atoms with van der Waals surface area (Å²) in [5.41, 5.74) is 0. The zero-order valence-corrected chi connectivity index (χ0v) is 16.4. The Balaban J connectivity index is 3.04. The molecule has 25 heavy (non-hydrogen) atoms. The molecule has 0 saturated heterocycles. The van der Waals surface area contributed by atoms with Crippen LogP contribution in [0, 0.1) is 0 Å². The zero-order chi connectivity index (χ0) is 18.4. The van der Waals surface area contributed by atoms with Crippen molar-refractivity contribution >= 4 is 5.97 Å². The molecule has 0 amide bonds. The molecule has 148 valence electrons. The fourth-order valence-electron chi connectivity index (χ4n) is 3.11. The summed E-state index contributed by atoms with van der Waals surface area (Å²) in [5.74, 6) is -0.709. The van der Waals surface area contributed by atoms with Gasteiger partial charge in [-0.3, -0.25) is 4.79 Å². The standard InChI is InChI=1S/C22H42O3/c23-21-19-17-15-13-11-9-7-5-3-1-2-4-6-8-10-12-14-16-18-20-22(24)25/h14,16,23H,1-13,15,17-21H2,(H,24,25). The zero-order valence-electron chi connectivity index (χ0n) is 16.4. The van der Waals surface area contributed by atoms with E-state index in [0.717, 1.165) is 12.8 Å². The minimum atomic E-state index is -0.709. The number of hydrogen-bond donors (Lipinski definition) is 2. The van der Waals surface area contributed by atoms with Crippen molar-refractivity contribution in [2.75, 3.05) is 6.61 Å². The van der Waals surface area contributed by atoms with E-state index in [1.807, 2.05) is 6.08 Å². The topological polar surface area (TPSA) is 57.5 Å². The van der Waals surface area contributed by atoms with Crippen molar-refractivity contribution in [2.45, 2.75) is 116 Å². The molecule has 0 radical (unpaired) electrons. The van der Waals surface area contributed by atoms with E-state index in [9.17, 15) is 4.79 Å². The Morgan fingerprint density at radius 2 is 0.920 bits per heavy atom. The second-order valence-corrected chi connectivity index (χ2v) is 7.22. The molecule has 0 heterocycles. The number of carboxylic acid groups (broad SMARTS) is 1. The Bertz CT molecular complexity index is 300. The molecule has 2 N–H and O–H groups in total. The molecule has 3 heteroatoms. The number of aliphatic hydroxyl groups excluding tert-OH is 1. The van der Waals surface area contributed by atoms with E-state index in [1.165, 1.54) is 89.9 Å². The van der Waals surface area contributed by atoms with Gasteiger partial charge in [0, 0.05) is 13.0 Å². The Kier molecular flexibility index (Phi) is 20.5. The molecule has 0 fully saturated rings. The second kappa shape index (κ2) is 21.2. The SMILES string of the molecule is O=C(O)CCC=CCCCCCCCCCCCCCCCCCO. The second-order valence-electron chi connectivity index (χ2n) is 7.22. The lowest BCUT2D eigenvalue weighted by molar-refractivity contribution is -0.136. The van der Waals surface area contributed by atoms with Crippen molar-refractivity contribution in [3.63, 3.8) is 0 Å². The van der Waals surface area contributed by atoms with Crippen LogP contribution in [-0.4, -0.2) is 22.8 Å². The van der Waals surface area contributed by atoms with E-state index in [4.69, 9.17) is 10.2 Å². The Morgan fingerprint density at radius 1 is 0.560 bits per heavy atom. The average Bonchev–Trinajstić information content (AvgIpc) is 2.60. The first kappa shape index (κ1) is 24.2. The predicted octanol–water partition coefficient (Wildman–Crippen LogP) is 6.64. The van der Waals surface area contributed by atoms with Gasteiger partial charge in [-0.2, -0.15) is 0 Å². The molecule has 0 aromatic rings. The molecule has 0 spiro atoms. The number of unbranched alkanes of at least 4 members (excludes halogenated alkanes) is 15. The first-order valence-electron chi connectivity index (χ1n) is 10.7. The monoisotopic (exact) mass is 354 g/mol. The third kappa shape index (κ3) is 23.2. The fraction of sp³-hybridized carbons (Fsp3) is 0.864. The molecule has 0 bridgehead atoms. The highest BCUT2D eigenvalue weighted by Gasteiger charge is 1.95. The van der Waals surface area contributed by atoms with Crippen LogP contribution in [0.4, 0.5) is 0 Å². The van der Waals surface area contributed by atoms with E-state index < -0.39 is 5.97 Å². The summed E-state index contributed by atoms with van der Waals surface area (Å²) >= 11 is 0. The highest BCUT2D eigenvalue weighted by Crippen LogP contribution is 2.13. The molecule has 0 saturated carbocycles. The maximum absolute atomic E-state index is 10.4. The number of hydrogen-bond acceptors (Lipinski definition) is 2.